The number of hydrogen-bond donors (Lipinski definition) is 2. The highest BCUT2D eigenvalue weighted by Gasteiger charge is 2.40. The maximum Gasteiger partial charge on any atom is 0.305 e. The highest BCUT2D eigenvalue weighted by molar-refractivity contribution is 7.09. The number of anilines is 1. The number of rotatable bonds is 5. The lowest BCUT2D eigenvalue weighted by Gasteiger charge is -2.41. The summed E-state index contributed by atoms with van der Waals surface area (Å²) in [6.07, 6.45) is 5.47. The van der Waals surface area contributed by atoms with Gasteiger partial charge in [0.15, 0.2) is 0 Å². The lowest BCUT2D eigenvalue weighted by atomic mass is 9.74. The fraction of sp³-hybridized carbons (Fsp3) is 0.727. The van der Waals surface area contributed by atoms with E-state index < -0.39 is 5.97 Å². The summed E-state index contributed by atoms with van der Waals surface area (Å²) in [6.45, 7) is 0. The van der Waals surface area contributed by atoms with Gasteiger partial charge in [-0.2, -0.15) is 4.37 Å². The standard InChI is InChI=1S/C11H15N3O2S/c15-8(16)6-11(4-1-5-11)13-10-12-9(14-17-10)7-2-3-7/h7H,1-6H2,(H,15,16)(H,12,13,14). The van der Waals surface area contributed by atoms with E-state index in [1.54, 1.807) is 0 Å². The third kappa shape index (κ3) is 2.26. The van der Waals surface area contributed by atoms with Gasteiger partial charge in [-0.3, -0.25) is 4.79 Å². The van der Waals surface area contributed by atoms with Crippen molar-refractivity contribution in [3.8, 4) is 0 Å². The van der Waals surface area contributed by atoms with E-state index in [1.807, 2.05) is 0 Å². The molecule has 0 aromatic carbocycles. The van der Waals surface area contributed by atoms with Gasteiger partial charge in [0.25, 0.3) is 0 Å². The summed E-state index contributed by atoms with van der Waals surface area (Å²) in [5.74, 6) is 0.741. The maximum absolute atomic E-state index is 10.8. The van der Waals surface area contributed by atoms with E-state index in [2.05, 4.69) is 14.7 Å². The predicted molar refractivity (Wildman–Crippen MR) is 64.3 cm³/mol. The van der Waals surface area contributed by atoms with Crippen LogP contribution in [-0.2, 0) is 4.79 Å². The first kappa shape index (κ1) is 11.0. The Balaban J connectivity index is 1.68. The number of nitrogens with zero attached hydrogens (tertiary/aromatic N) is 2. The molecule has 0 spiro atoms. The molecule has 3 rings (SSSR count). The highest BCUT2D eigenvalue weighted by Crippen LogP contribution is 2.41. The number of carboxylic acid groups (broad SMARTS) is 1. The molecule has 6 heteroatoms. The van der Waals surface area contributed by atoms with Crippen LogP contribution in [0.15, 0.2) is 0 Å². The van der Waals surface area contributed by atoms with Crippen molar-refractivity contribution in [2.45, 2.75) is 50.0 Å². The first-order chi connectivity index (χ1) is 8.17. The SMILES string of the molecule is O=C(O)CC1(Nc2nc(C3CC3)ns2)CCC1. The molecule has 0 amide bonds. The molecule has 0 atom stereocenters. The van der Waals surface area contributed by atoms with E-state index in [1.165, 1.54) is 24.4 Å². The number of carbonyl (C=O) groups is 1. The Morgan fingerprint density at radius 2 is 2.29 bits per heavy atom. The van der Waals surface area contributed by atoms with E-state index in [0.717, 1.165) is 30.2 Å². The normalized spacial score (nSPS) is 21.9. The van der Waals surface area contributed by atoms with Crippen LogP contribution >= 0.6 is 11.5 Å². The molecule has 2 fully saturated rings. The van der Waals surface area contributed by atoms with Crippen LogP contribution < -0.4 is 5.32 Å². The van der Waals surface area contributed by atoms with Gasteiger partial charge in [-0.15, -0.1) is 0 Å². The summed E-state index contributed by atoms with van der Waals surface area (Å²) in [7, 11) is 0. The van der Waals surface area contributed by atoms with Gasteiger partial charge in [0.05, 0.1) is 12.0 Å². The molecule has 2 aliphatic carbocycles. The van der Waals surface area contributed by atoms with Crippen molar-refractivity contribution in [1.29, 1.82) is 0 Å². The van der Waals surface area contributed by atoms with Gasteiger partial charge in [0, 0.05) is 17.5 Å². The van der Waals surface area contributed by atoms with Crippen molar-refractivity contribution in [1.82, 2.24) is 9.36 Å². The Labute approximate surface area is 103 Å². The number of nitrogens with one attached hydrogen (secondary N) is 1. The Bertz CT molecular complexity index is 438. The summed E-state index contributed by atoms with van der Waals surface area (Å²) in [6, 6.07) is 0. The van der Waals surface area contributed by atoms with Gasteiger partial charge in [-0.05, 0) is 32.1 Å². The van der Waals surface area contributed by atoms with Crippen LogP contribution in [0.1, 0.15) is 50.3 Å². The van der Waals surface area contributed by atoms with Crippen LogP contribution in [0, 0.1) is 0 Å². The maximum atomic E-state index is 10.8. The molecule has 92 valence electrons. The lowest BCUT2D eigenvalue weighted by molar-refractivity contribution is -0.138. The van der Waals surface area contributed by atoms with Gasteiger partial charge in [-0.25, -0.2) is 4.98 Å². The minimum Gasteiger partial charge on any atom is -0.481 e. The van der Waals surface area contributed by atoms with Crippen molar-refractivity contribution in [3.63, 3.8) is 0 Å². The molecule has 5 nitrogen and oxygen atoms in total. The molecule has 0 bridgehead atoms. The molecule has 0 saturated heterocycles. The third-order valence-corrected chi connectivity index (χ3v) is 4.20. The molecule has 0 aliphatic heterocycles. The van der Waals surface area contributed by atoms with E-state index in [0.29, 0.717) is 5.92 Å². The third-order valence-electron chi connectivity index (χ3n) is 3.56. The van der Waals surface area contributed by atoms with Crippen molar-refractivity contribution >= 4 is 22.6 Å². The van der Waals surface area contributed by atoms with Gasteiger partial charge in [-0.1, -0.05) is 0 Å². The van der Waals surface area contributed by atoms with E-state index in [4.69, 9.17) is 5.11 Å². The van der Waals surface area contributed by atoms with Gasteiger partial charge < -0.3 is 10.4 Å². The van der Waals surface area contributed by atoms with Crippen LogP contribution in [0.25, 0.3) is 0 Å². The zero-order valence-corrected chi connectivity index (χ0v) is 10.3. The molecule has 0 unspecified atom stereocenters. The van der Waals surface area contributed by atoms with Gasteiger partial charge in [0.2, 0.25) is 5.13 Å². The molecule has 1 heterocycles. The van der Waals surface area contributed by atoms with Crippen molar-refractivity contribution in [2.24, 2.45) is 0 Å². The minimum absolute atomic E-state index is 0.172. The molecule has 2 saturated carbocycles. The smallest absolute Gasteiger partial charge is 0.305 e. The molecule has 2 aliphatic rings. The van der Waals surface area contributed by atoms with Crippen molar-refractivity contribution < 1.29 is 9.90 Å². The molecular weight excluding hydrogens is 238 g/mol. The molecule has 2 N–H and O–H groups in total. The van der Waals surface area contributed by atoms with E-state index in [9.17, 15) is 4.79 Å². The quantitative estimate of drug-likeness (QED) is 0.841. The van der Waals surface area contributed by atoms with Crippen LogP contribution in [0.3, 0.4) is 0 Å². The minimum atomic E-state index is -0.746. The zero-order chi connectivity index (χ0) is 11.9. The second-order valence-electron chi connectivity index (χ2n) is 5.06. The fourth-order valence-corrected chi connectivity index (χ4v) is 3.03. The van der Waals surface area contributed by atoms with Crippen molar-refractivity contribution in [2.75, 3.05) is 5.32 Å². The lowest BCUT2D eigenvalue weighted by Crippen LogP contribution is -2.46. The second-order valence-corrected chi connectivity index (χ2v) is 5.81. The average Bonchev–Trinajstić information content (AvgIpc) is 2.96. The highest BCUT2D eigenvalue weighted by atomic mass is 32.1. The van der Waals surface area contributed by atoms with Crippen LogP contribution in [-0.4, -0.2) is 26.0 Å². The number of aromatic nitrogens is 2. The second kappa shape index (κ2) is 3.94. The zero-order valence-electron chi connectivity index (χ0n) is 9.48. The summed E-state index contributed by atoms with van der Waals surface area (Å²) in [5, 5.41) is 13.0. The summed E-state index contributed by atoms with van der Waals surface area (Å²) in [4.78, 5) is 15.3. The molecule has 0 radical (unpaired) electrons. The Morgan fingerprint density at radius 1 is 1.53 bits per heavy atom. The van der Waals surface area contributed by atoms with Crippen LogP contribution in [0.2, 0.25) is 0 Å². The van der Waals surface area contributed by atoms with Gasteiger partial charge in [0.1, 0.15) is 5.82 Å². The van der Waals surface area contributed by atoms with Crippen LogP contribution in [0.4, 0.5) is 5.13 Å². The fourth-order valence-electron chi connectivity index (χ4n) is 2.26. The Kier molecular flexibility index (Phi) is 2.54. The average molecular weight is 253 g/mol. The van der Waals surface area contributed by atoms with Crippen LogP contribution in [0.5, 0.6) is 0 Å². The topological polar surface area (TPSA) is 75.1 Å². The Hall–Kier alpha value is -1.17. The van der Waals surface area contributed by atoms with Gasteiger partial charge >= 0.3 is 5.97 Å². The first-order valence-corrected chi connectivity index (χ1v) is 6.78. The molecule has 1 aromatic rings. The van der Waals surface area contributed by atoms with Crippen molar-refractivity contribution in [3.05, 3.63) is 5.82 Å². The molecule has 17 heavy (non-hydrogen) atoms. The summed E-state index contributed by atoms with van der Waals surface area (Å²) < 4.78 is 4.32. The largest absolute Gasteiger partial charge is 0.481 e. The number of aliphatic carboxylic acids is 1. The van der Waals surface area contributed by atoms with E-state index in [-0.39, 0.29) is 12.0 Å². The number of carboxylic acids is 1. The first-order valence-electron chi connectivity index (χ1n) is 6.00. The Morgan fingerprint density at radius 3 is 2.82 bits per heavy atom. The predicted octanol–water partition coefficient (Wildman–Crippen LogP) is 2.22. The summed E-state index contributed by atoms with van der Waals surface area (Å²) in [5.41, 5.74) is -0.272. The monoisotopic (exact) mass is 253 g/mol. The van der Waals surface area contributed by atoms with E-state index >= 15 is 0 Å². The molecule has 1 aromatic heterocycles. The summed E-state index contributed by atoms with van der Waals surface area (Å²) >= 11 is 1.36. The number of hydrogen-bond acceptors (Lipinski definition) is 5. The molecular formula is C11H15N3O2S.